The molecule has 0 radical (unpaired) electrons. The molecule has 1 saturated carbocycles. The maximum absolute atomic E-state index is 10.7. The molecule has 1 aromatic rings. The first-order valence-corrected chi connectivity index (χ1v) is 7.12. The number of alkyl halides is 1. The number of aliphatic carboxylic acids is 1. The molecule has 2 rings (SSSR count). The average molecular weight is 271 g/mol. The molecular weight excluding hydrogens is 256 g/mol. The third kappa shape index (κ3) is 3.39. The summed E-state index contributed by atoms with van der Waals surface area (Å²) in [6.07, 6.45) is 5.25. The first kappa shape index (κ1) is 12.8. The Bertz CT molecular complexity index is 385. The highest BCUT2D eigenvalue weighted by molar-refractivity contribution is 8.00. The molecule has 0 bridgehead atoms. The van der Waals surface area contributed by atoms with E-state index in [4.69, 9.17) is 16.7 Å². The lowest BCUT2D eigenvalue weighted by atomic mass is 10.1. The minimum Gasteiger partial charge on any atom is -0.480 e. The zero-order valence-electron chi connectivity index (χ0n) is 9.43. The Morgan fingerprint density at radius 1 is 1.29 bits per heavy atom. The van der Waals surface area contributed by atoms with Gasteiger partial charge in [0.1, 0.15) is 0 Å². The van der Waals surface area contributed by atoms with Gasteiger partial charge in [-0.1, -0.05) is 25.0 Å². The number of hydrogen-bond donors (Lipinski definition) is 1. The van der Waals surface area contributed by atoms with Crippen LogP contribution in [0.1, 0.15) is 36.6 Å². The minimum absolute atomic E-state index is 0.648. The Balaban J connectivity index is 1.99. The number of rotatable bonds is 4. The molecule has 0 aliphatic heterocycles. The zero-order chi connectivity index (χ0) is 12.3. The maximum atomic E-state index is 10.7. The quantitative estimate of drug-likeness (QED) is 0.838. The highest BCUT2D eigenvalue weighted by atomic mass is 35.5. The topological polar surface area (TPSA) is 37.3 Å². The van der Waals surface area contributed by atoms with Crippen LogP contribution in [0, 0.1) is 0 Å². The molecule has 1 aromatic carbocycles. The second-order valence-corrected chi connectivity index (χ2v) is 6.10. The highest BCUT2D eigenvalue weighted by Gasteiger charge is 2.18. The van der Waals surface area contributed by atoms with Gasteiger partial charge in [0.15, 0.2) is 5.38 Å². The van der Waals surface area contributed by atoms with E-state index in [1.807, 2.05) is 36.0 Å². The summed E-state index contributed by atoms with van der Waals surface area (Å²) in [5.74, 6) is -0.997. The minimum atomic E-state index is -0.997. The van der Waals surface area contributed by atoms with E-state index in [2.05, 4.69) is 0 Å². The van der Waals surface area contributed by atoms with Crippen molar-refractivity contribution in [2.24, 2.45) is 0 Å². The number of carboxylic acid groups (broad SMARTS) is 1. The standard InChI is InChI=1S/C13H15ClO2S/c14-12(13(15)16)9-5-7-11(8-6-9)17-10-3-1-2-4-10/h5-8,10,12H,1-4H2,(H,15,16). The molecular formula is C13H15ClO2S. The van der Waals surface area contributed by atoms with E-state index in [-0.39, 0.29) is 0 Å². The molecule has 0 amide bonds. The van der Waals surface area contributed by atoms with Crippen molar-refractivity contribution in [2.75, 3.05) is 0 Å². The van der Waals surface area contributed by atoms with Crippen molar-refractivity contribution in [1.29, 1.82) is 0 Å². The summed E-state index contributed by atoms with van der Waals surface area (Å²) in [6, 6.07) is 7.55. The van der Waals surface area contributed by atoms with Gasteiger partial charge >= 0.3 is 5.97 Å². The predicted molar refractivity (Wildman–Crippen MR) is 70.8 cm³/mol. The molecule has 0 aromatic heterocycles. The summed E-state index contributed by atoms with van der Waals surface area (Å²) in [7, 11) is 0. The second-order valence-electron chi connectivity index (χ2n) is 4.29. The number of thioether (sulfide) groups is 1. The van der Waals surface area contributed by atoms with Crippen LogP contribution in [0.3, 0.4) is 0 Å². The smallest absolute Gasteiger partial charge is 0.326 e. The van der Waals surface area contributed by atoms with Gasteiger partial charge in [0.05, 0.1) is 0 Å². The van der Waals surface area contributed by atoms with E-state index >= 15 is 0 Å². The van der Waals surface area contributed by atoms with Crippen LogP contribution in [-0.2, 0) is 4.79 Å². The molecule has 1 aliphatic carbocycles. The van der Waals surface area contributed by atoms with Crippen LogP contribution in [0.4, 0.5) is 0 Å². The van der Waals surface area contributed by atoms with E-state index in [0.717, 1.165) is 5.25 Å². The van der Waals surface area contributed by atoms with Crippen molar-refractivity contribution >= 4 is 29.3 Å². The lowest BCUT2D eigenvalue weighted by molar-refractivity contribution is -0.136. The molecule has 0 heterocycles. The van der Waals surface area contributed by atoms with Gasteiger partial charge in [0.2, 0.25) is 0 Å². The van der Waals surface area contributed by atoms with Crippen LogP contribution in [-0.4, -0.2) is 16.3 Å². The van der Waals surface area contributed by atoms with Crippen molar-refractivity contribution in [3.05, 3.63) is 29.8 Å². The number of benzene rings is 1. The summed E-state index contributed by atoms with van der Waals surface area (Å²) >= 11 is 7.65. The molecule has 4 heteroatoms. The van der Waals surface area contributed by atoms with Gasteiger partial charge in [-0.25, -0.2) is 0 Å². The normalized spacial score (nSPS) is 18.2. The molecule has 92 valence electrons. The van der Waals surface area contributed by atoms with E-state index in [1.54, 1.807) is 0 Å². The first-order valence-electron chi connectivity index (χ1n) is 5.80. The molecule has 2 nitrogen and oxygen atoms in total. The molecule has 17 heavy (non-hydrogen) atoms. The Morgan fingerprint density at radius 2 is 1.88 bits per heavy atom. The van der Waals surface area contributed by atoms with Gasteiger partial charge in [0.25, 0.3) is 0 Å². The monoisotopic (exact) mass is 270 g/mol. The van der Waals surface area contributed by atoms with Gasteiger partial charge in [0, 0.05) is 10.1 Å². The van der Waals surface area contributed by atoms with Crippen molar-refractivity contribution in [3.8, 4) is 0 Å². The van der Waals surface area contributed by atoms with Crippen molar-refractivity contribution in [1.82, 2.24) is 0 Å². The number of hydrogen-bond acceptors (Lipinski definition) is 2. The van der Waals surface area contributed by atoms with Crippen molar-refractivity contribution in [2.45, 2.75) is 41.2 Å². The van der Waals surface area contributed by atoms with E-state index in [0.29, 0.717) is 5.56 Å². The third-order valence-electron chi connectivity index (χ3n) is 2.99. The van der Waals surface area contributed by atoms with E-state index in [1.165, 1.54) is 30.6 Å². The van der Waals surface area contributed by atoms with Gasteiger partial charge in [-0.3, -0.25) is 4.79 Å². The fourth-order valence-electron chi connectivity index (χ4n) is 2.06. The fraction of sp³-hybridized carbons (Fsp3) is 0.462. The SMILES string of the molecule is O=C(O)C(Cl)c1ccc(SC2CCCC2)cc1. The van der Waals surface area contributed by atoms with Crippen molar-refractivity contribution in [3.63, 3.8) is 0 Å². The summed E-state index contributed by atoms with van der Waals surface area (Å²) in [6.45, 7) is 0. The fourth-order valence-corrected chi connectivity index (χ4v) is 3.45. The van der Waals surface area contributed by atoms with Gasteiger partial charge in [-0.2, -0.15) is 0 Å². The second kappa shape index (κ2) is 5.78. The van der Waals surface area contributed by atoms with Gasteiger partial charge in [-0.15, -0.1) is 23.4 Å². The van der Waals surface area contributed by atoms with Crippen LogP contribution in [0.25, 0.3) is 0 Å². The average Bonchev–Trinajstić information content (AvgIpc) is 2.82. The number of halogens is 1. The number of carbonyl (C=O) groups is 1. The molecule has 1 aliphatic rings. The molecule has 1 N–H and O–H groups in total. The van der Waals surface area contributed by atoms with Crippen LogP contribution in [0.5, 0.6) is 0 Å². The summed E-state index contributed by atoms with van der Waals surface area (Å²) in [5, 5.41) is 8.58. The van der Waals surface area contributed by atoms with Gasteiger partial charge < -0.3 is 5.11 Å². The Kier molecular flexibility index (Phi) is 4.35. The van der Waals surface area contributed by atoms with Crippen LogP contribution in [0.2, 0.25) is 0 Å². The van der Waals surface area contributed by atoms with Crippen LogP contribution >= 0.6 is 23.4 Å². The lowest BCUT2D eigenvalue weighted by Crippen LogP contribution is -2.04. The molecule has 0 saturated heterocycles. The molecule has 0 spiro atoms. The zero-order valence-corrected chi connectivity index (χ0v) is 11.0. The highest BCUT2D eigenvalue weighted by Crippen LogP contribution is 2.35. The number of carboxylic acids is 1. The van der Waals surface area contributed by atoms with Crippen LogP contribution < -0.4 is 0 Å². The Labute approximate surface area is 110 Å². The lowest BCUT2D eigenvalue weighted by Gasteiger charge is -2.10. The first-order chi connectivity index (χ1) is 8.16. The summed E-state index contributed by atoms with van der Waals surface area (Å²) < 4.78 is 0. The molecule has 1 fully saturated rings. The van der Waals surface area contributed by atoms with E-state index in [9.17, 15) is 4.79 Å². The van der Waals surface area contributed by atoms with Crippen molar-refractivity contribution < 1.29 is 9.90 Å². The maximum Gasteiger partial charge on any atom is 0.326 e. The molecule has 1 atom stereocenters. The third-order valence-corrected chi connectivity index (χ3v) is 4.78. The summed E-state index contributed by atoms with van der Waals surface area (Å²) in [4.78, 5) is 11.9. The molecule has 1 unspecified atom stereocenters. The largest absolute Gasteiger partial charge is 0.480 e. The van der Waals surface area contributed by atoms with Crippen LogP contribution in [0.15, 0.2) is 29.2 Å². The Hall–Kier alpha value is -0.670. The van der Waals surface area contributed by atoms with Gasteiger partial charge in [-0.05, 0) is 30.5 Å². The van der Waals surface area contributed by atoms with E-state index < -0.39 is 11.3 Å². The predicted octanol–water partition coefficient (Wildman–Crippen LogP) is 4.09. The Morgan fingerprint density at radius 3 is 2.41 bits per heavy atom. The summed E-state index contributed by atoms with van der Waals surface area (Å²) in [5.41, 5.74) is 0.648.